The number of aliphatic hydroxyl groups is 1. The Balaban J connectivity index is 1.63. The predicted molar refractivity (Wildman–Crippen MR) is 102 cm³/mol. The van der Waals surface area contributed by atoms with E-state index in [-0.39, 0.29) is 0 Å². The van der Waals surface area contributed by atoms with Gasteiger partial charge in [-0.2, -0.15) is 0 Å². The van der Waals surface area contributed by atoms with Gasteiger partial charge in [0.15, 0.2) is 0 Å². The fourth-order valence-corrected chi connectivity index (χ4v) is 2.95. The van der Waals surface area contributed by atoms with Crippen LogP contribution in [-0.4, -0.2) is 10.1 Å². The van der Waals surface area contributed by atoms with Gasteiger partial charge in [0, 0.05) is 11.6 Å². The van der Waals surface area contributed by atoms with Crippen LogP contribution in [0.1, 0.15) is 49.8 Å². The van der Waals surface area contributed by atoms with Crippen LogP contribution >= 0.6 is 0 Å². The zero-order valence-corrected chi connectivity index (χ0v) is 14.7. The van der Waals surface area contributed by atoms with E-state index in [1.54, 1.807) is 6.20 Å². The third-order valence-electron chi connectivity index (χ3n) is 4.40. The Morgan fingerprint density at radius 3 is 2.84 bits per heavy atom. The van der Waals surface area contributed by atoms with Crippen LogP contribution in [0.5, 0.6) is 5.75 Å². The third kappa shape index (κ3) is 4.80. The second kappa shape index (κ2) is 8.63. The highest BCUT2D eigenvalue weighted by atomic mass is 16.5. The number of hydrogen-bond acceptors (Lipinski definition) is 3. The molecule has 1 aromatic heterocycles. The molecule has 0 radical (unpaired) electrons. The SMILES string of the molecule is CCCCCC(O)c1cccc(COc2ccc3ncccc3c2)c1. The molecule has 1 N–H and O–H groups in total. The van der Waals surface area contributed by atoms with Gasteiger partial charge in [-0.1, -0.05) is 50.5 Å². The molecule has 0 aliphatic heterocycles. The molecule has 130 valence electrons. The highest BCUT2D eigenvalue weighted by Crippen LogP contribution is 2.23. The van der Waals surface area contributed by atoms with Crippen molar-refractivity contribution in [2.45, 2.75) is 45.3 Å². The molecule has 3 rings (SSSR count). The molecule has 0 bridgehead atoms. The molecule has 1 atom stereocenters. The number of ether oxygens (including phenoxy) is 1. The van der Waals surface area contributed by atoms with E-state index >= 15 is 0 Å². The molecule has 0 saturated heterocycles. The van der Waals surface area contributed by atoms with Gasteiger partial charge < -0.3 is 9.84 Å². The van der Waals surface area contributed by atoms with Crippen molar-refractivity contribution in [3.05, 3.63) is 71.9 Å². The van der Waals surface area contributed by atoms with E-state index in [2.05, 4.69) is 11.9 Å². The monoisotopic (exact) mass is 335 g/mol. The van der Waals surface area contributed by atoms with Crippen molar-refractivity contribution < 1.29 is 9.84 Å². The van der Waals surface area contributed by atoms with Crippen molar-refractivity contribution in [1.82, 2.24) is 4.98 Å². The lowest BCUT2D eigenvalue weighted by Gasteiger charge is -2.13. The lowest BCUT2D eigenvalue weighted by atomic mass is 10.0. The quantitative estimate of drug-likeness (QED) is 0.558. The Labute approximate surface area is 149 Å². The Kier molecular flexibility index (Phi) is 6.02. The van der Waals surface area contributed by atoms with Crippen LogP contribution < -0.4 is 4.74 Å². The van der Waals surface area contributed by atoms with E-state index in [0.717, 1.165) is 47.0 Å². The molecule has 0 spiro atoms. The second-order valence-electron chi connectivity index (χ2n) is 6.40. The van der Waals surface area contributed by atoms with Gasteiger partial charge in [-0.05, 0) is 47.9 Å². The van der Waals surface area contributed by atoms with Gasteiger partial charge in [0.25, 0.3) is 0 Å². The van der Waals surface area contributed by atoms with Crippen molar-refractivity contribution in [1.29, 1.82) is 0 Å². The average Bonchev–Trinajstić information content (AvgIpc) is 2.66. The summed E-state index contributed by atoms with van der Waals surface area (Å²) in [5, 5.41) is 11.4. The molecule has 3 aromatic rings. The third-order valence-corrected chi connectivity index (χ3v) is 4.40. The maximum atomic E-state index is 10.3. The van der Waals surface area contributed by atoms with Gasteiger partial charge in [-0.15, -0.1) is 0 Å². The Morgan fingerprint density at radius 2 is 1.96 bits per heavy atom. The first-order valence-electron chi connectivity index (χ1n) is 9.01. The molecule has 0 aliphatic rings. The molecule has 0 amide bonds. The van der Waals surface area contributed by atoms with E-state index in [4.69, 9.17) is 4.74 Å². The molecule has 25 heavy (non-hydrogen) atoms. The molecular formula is C22H25NO2. The first kappa shape index (κ1) is 17.4. The summed E-state index contributed by atoms with van der Waals surface area (Å²) >= 11 is 0. The summed E-state index contributed by atoms with van der Waals surface area (Å²) in [5.74, 6) is 0.828. The van der Waals surface area contributed by atoms with Gasteiger partial charge in [-0.25, -0.2) is 0 Å². The molecule has 3 heteroatoms. The molecule has 1 heterocycles. The summed E-state index contributed by atoms with van der Waals surface area (Å²) < 4.78 is 5.92. The second-order valence-corrected chi connectivity index (χ2v) is 6.40. The summed E-state index contributed by atoms with van der Waals surface area (Å²) in [6.07, 6.45) is 5.61. The fourth-order valence-electron chi connectivity index (χ4n) is 2.95. The molecule has 0 aliphatic carbocycles. The van der Waals surface area contributed by atoms with Crippen LogP contribution in [0.4, 0.5) is 0 Å². The van der Waals surface area contributed by atoms with Crippen LogP contribution in [0.3, 0.4) is 0 Å². The van der Waals surface area contributed by atoms with Crippen LogP contribution in [-0.2, 0) is 6.61 Å². The van der Waals surface area contributed by atoms with Crippen molar-refractivity contribution in [3.63, 3.8) is 0 Å². The average molecular weight is 335 g/mol. The zero-order chi connectivity index (χ0) is 17.5. The maximum Gasteiger partial charge on any atom is 0.120 e. The lowest BCUT2D eigenvalue weighted by molar-refractivity contribution is 0.163. The number of unbranched alkanes of at least 4 members (excludes halogenated alkanes) is 2. The van der Waals surface area contributed by atoms with Gasteiger partial charge in [0.2, 0.25) is 0 Å². The number of aromatic nitrogens is 1. The summed E-state index contributed by atoms with van der Waals surface area (Å²) in [4.78, 5) is 4.32. The van der Waals surface area contributed by atoms with Gasteiger partial charge in [0.1, 0.15) is 12.4 Å². The van der Waals surface area contributed by atoms with Crippen LogP contribution in [0, 0.1) is 0 Å². The van der Waals surface area contributed by atoms with Crippen LogP contribution in [0.15, 0.2) is 60.8 Å². The van der Waals surface area contributed by atoms with E-state index in [0.29, 0.717) is 6.61 Å². The fraction of sp³-hybridized carbons (Fsp3) is 0.318. The molecular weight excluding hydrogens is 310 g/mol. The minimum atomic E-state index is -0.391. The zero-order valence-electron chi connectivity index (χ0n) is 14.7. The minimum Gasteiger partial charge on any atom is -0.489 e. The molecule has 2 aromatic carbocycles. The summed E-state index contributed by atoms with van der Waals surface area (Å²) in [7, 11) is 0. The lowest BCUT2D eigenvalue weighted by Crippen LogP contribution is -2.01. The first-order chi connectivity index (χ1) is 12.3. The van der Waals surface area contributed by atoms with Crippen molar-refractivity contribution in [2.24, 2.45) is 0 Å². The number of aliphatic hydroxyl groups excluding tert-OH is 1. The smallest absolute Gasteiger partial charge is 0.120 e. The van der Waals surface area contributed by atoms with E-state index < -0.39 is 6.10 Å². The topological polar surface area (TPSA) is 42.4 Å². The molecule has 3 nitrogen and oxygen atoms in total. The number of hydrogen-bond donors (Lipinski definition) is 1. The first-order valence-corrected chi connectivity index (χ1v) is 9.01. The van der Waals surface area contributed by atoms with E-state index in [1.165, 1.54) is 6.42 Å². The van der Waals surface area contributed by atoms with Crippen molar-refractivity contribution in [2.75, 3.05) is 0 Å². The van der Waals surface area contributed by atoms with Gasteiger partial charge >= 0.3 is 0 Å². The number of pyridine rings is 1. The highest BCUT2D eigenvalue weighted by molar-refractivity contribution is 5.79. The summed E-state index contributed by atoms with van der Waals surface area (Å²) in [6.45, 7) is 2.66. The summed E-state index contributed by atoms with van der Waals surface area (Å²) in [5.41, 5.74) is 3.00. The standard InChI is InChI=1S/C22H25NO2/c1-2-3-4-10-22(24)19-8-5-7-17(14-19)16-25-20-11-12-21-18(15-20)9-6-13-23-21/h5-9,11-15,22,24H,2-4,10,16H2,1H3. The van der Waals surface area contributed by atoms with E-state index in [9.17, 15) is 5.11 Å². The van der Waals surface area contributed by atoms with E-state index in [1.807, 2.05) is 54.6 Å². The van der Waals surface area contributed by atoms with Gasteiger partial charge in [-0.3, -0.25) is 4.98 Å². The van der Waals surface area contributed by atoms with Crippen LogP contribution in [0.25, 0.3) is 10.9 Å². The molecule has 0 fully saturated rings. The normalized spacial score (nSPS) is 12.2. The van der Waals surface area contributed by atoms with Crippen molar-refractivity contribution in [3.8, 4) is 5.75 Å². The van der Waals surface area contributed by atoms with Gasteiger partial charge in [0.05, 0.1) is 11.6 Å². The Hall–Kier alpha value is -2.39. The number of benzene rings is 2. The predicted octanol–water partition coefficient (Wildman–Crippen LogP) is 5.43. The highest BCUT2D eigenvalue weighted by Gasteiger charge is 2.08. The molecule has 1 unspecified atom stereocenters. The maximum absolute atomic E-state index is 10.3. The van der Waals surface area contributed by atoms with Crippen LogP contribution in [0.2, 0.25) is 0 Å². The Bertz CT molecular complexity index is 816. The number of nitrogens with zero attached hydrogens (tertiary/aromatic N) is 1. The number of rotatable bonds is 8. The summed E-state index contributed by atoms with van der Waals surface area (Å²) in [6, 6.07) is 17.9. The molecule has 0 saturated carbocycles. The number of fused-ring (bicyclic) bond motifs is 1. The van der Waals surface area contributed by atoms with Crippen molar-refractivity contribution >= 4 is 10.9 Å². The Morgan fingerprint density at radius 1 is 1.04 bits per heavy atom. The minimum absolute atomic E-state index is 0.391. The largest absolute Gasteiger partial charge is 0.489 e.